The van der Waals surface area contributed by atoms with Gasteiger partial charge in [-0.05, 0) is 32.3 Å². The molecule has 2 unspecified atom stereocenters. The minimum Gasteiger partial charge on any atom is -0.550 e. The van der Waals surface area contributed by atoms with E-state index in [0.29, 0.717) is 18.0 Å². The Morgan fingerprint density at radius 2 is 1.92 bits per heavy atom. The smallest absolute Gasteiger partial charge is 0.229 e. The largest absolute Gasteiger partial charge is 0.550 e. The highest BCUT2D eigenvalue weighted by atomic mass is 32.1. The summed E-state index contributed by atoms with van der Waals surface area (Å²) in [5.41, 5.74) is 4.17. The van der Waals surface area contributed by atoms with Crippen molar-refractivity contribution in [3.05, 3.63) is 34.7 Å². The number of rotatable bonds is 4. The quantitative estimate of drug-likeness (QED) is 0.912. The Balaban J connectivity index is 1.74. The lowest BCUT2D eigenvalue weighted by Crippen LogP contribution is -2.42. The molecule has 1 aromatic carbocycles. The van der Waals surface area contributed by atoms with E-state index in [2.05, 4.69) is 16.4 Å². The zero-order valence-corrected chi connectivity index (χ0v) is 15.2. The molecule has 5 nitrogen and oxygen atoms in total. The number of carboxylic acids is 1. The van der Waals surface area contributed by atoms with Gasteiger partial charge in [-0.25, -0.2) is 4.98 Å². The first-order chi connectivity index (χ1) is 12.0. The van der Waals surface area contributed by atoms with Crippen LogP contribution in [0.4, 0.5) is 5.13 Å². The molecular formula is C19H21N2O3S-. The molecule has 1 fully saturated rings. The lowest BCUT2D eigenvalue weighted by Gasteiger charge is -2.30. The summed E-state index contributed by atoms with van der Waals surface area (Å²) in [6.07, 6.45) is 2.79. The predicted octanol–water partition coefficient (Wildman–Crippen LogP) is 2.92. The SMILES string of the molecule is Cc1ccc(-c2csc(NC(=O)C3CCCCC3C(=O)[O-])n2)c(C)c1. The van der Waals surface area contributed by atoms with Crippen molar-refractivity contribution < 1.29 is 14.7 Å². The van der Waals surface area contributed by atoms with Gasteiger partial charge in [-0.1, -0.05) is 36.6 Å². The molecule has 132 valence electrons. The van der Waals surface area contributed by atoms with Crippen LogP contribution >= 0.6 is 11.3 Å². The number of carboxylic acid groups (broad SMARTS) is 1. The fraction of sp³-hybridized carbons (Fsp3) is 0.421. The van der Waals surface area contributed by atoms with E-state index in [1.807, 2.05) is 31.4 Å². The topological polar surface area (TPSA) is 82.1 Å². The highest BCUT2D eigenvalue weighted by Crippen LogP contribution is 2.32. The molecular weight excluding hydrogens is 336 g/mol. The minimum atomic E-state index is -1.13. The first-order valence-electron chi connectivity index (χ1n) is 8.50. The summed E-state index contributed by atoms with van der Waals surface area (Å²) in [4.78, 5) is 28.3. The van der Waals surface area contributed by atoms with E-state index in [9.17, 15) is 14.7 Å². The fourth-order valence-electron chi connectivity index (χ4n) is 3.48. The van der Waals surface area contributed by atoms with Gasteiger partial charge in [0.05, 0.1) is 5.69 Å². The average molecular weight is 357 g/mol. The van der Waals surface area contributed by atoms with Crippen LogP contribution in [0.1, 0.15) is 36.8 Å². The highest BCUT2D eigenvalue weighted by molar-refractivity contribution is 7.14. The predicted molar refractivity (Wildman–Crippen MR) is 96.1 cm³/mol. The number of anilines is 1. The molecule has 1 N–H and O–H groups in total. The zero-order valence-electron chi connectivity index (χ0n) is 14.4. The molecule has 3 rings (SSSR count). The Labute approximate surface area is 151 Å². The van der Waals surface area contributed by atoms with Gasteiger partial charge in [-0.2, -0.15) is 0 Å². The minimum absolute atomic E-state index is 0.268. The van der Waals surface area contributed by atoms with Gasteiger partial charge in [-0.3, -0.25) is 4.79 Å². The molecule has 1 aromatic heterocycles. The molecule has 2 aromatic rings. The highest BCUT2D eigenvalue weighted by Gasteiger charge is 2.32. The number of carbonyl (C=O) groups excluding carboxylic acids is 2. The van der Waals surface area contributed by atoms with Crippen molar-refractivity contribution >= 4 is 28.3 Å². The summed E-state index contributed by atoms with van der Waals surface area (Å²) in [5, 5.41) is 16.5. The fourth-order valence-corrected chi connectivity index (χ4v) is 4.19. The van der Waals surface area contributed by atoms with Gasteiger partial charge < -0.3 is 15.2 Å². The van der Waals surface area contributed by atoms with Crippen molar-refractivity contribution in [2.75, 3.05) is 5.32 Å². The summed E-state index contributed by atoms with van der Waals surface area (Å²) in [7, 11) is 0. The van der Waals surface area contributed by atoms with E-state index in [1.165, 1.54) is 16.9 Å². The van der Waals surface area contributed by atoms with Crippen molar-refractivity contribution in [1.82, 2.24) is 4.98 Å². The molecule has 0 aliphatic heterocycles. The van der Waals surface area contributed by atoms with Crippen LogP contribution in [0.15, 0.2) is 23.6 Å². The monoisotopic (exact) mass is 357 g/mol. The number of nitrogens with zero attached hydrogens (tertiary/aromatic N) is 1. The molecule has 1 aliphatic carbocycles. The number of amides is 1. The van der Waals surface area contributed by atoms with Crippen LogP contribution in [0.25, 0.3) is 11.3 Å². The molecule has 1 aliphatic rings. The normalized spacial score (nSPS) is 20.2. The number of nitrogens with one attached hydrogen (secondary N) is 1. The first kappa shape index (κ1) is 17.6. The maximum atomic E-state index is 12.5. The molecule has 0 spiro atoms. The number of carbonyl (C=O) groups is 2. The molecule has 1 amide bonds. The second-order valence-electron chi connectivity index (χ2n) is 6.66. The Morgan fingerprint density at radius 1 is 1.20 bits per heavy atom. The van der Waals surface area contributed by atoms with Gasteiger partial charge in [-0.15, -0.1) is 11.3 Å². The van der Waals surface area contributed by atoms with E-state index < -0.39 is 17.8 Å². The lowest BCUT2D eigenvalue weighted by atomic mass is 9.79. The summed E-state index contributed by atoms with van der Waals surface area (Å²) in [6, 6.07) is 6.16. The Kier molecular flexibility index (Phi) is 5.18. The van der Waals surface area contributed by atoms with Crippen LogP contribution in [-0.4, -0.2) is 16.9 Å². The van der Waals surface area contributed by atoms with Gasteiger partial charge in [0, 0.05) is 28.7 Å². The summed E-state index contributed by atoms with van der Waals surface area (Å²) in [5.74, 6) is -2.63. The van der Waals surface area contributed by atoms with E-state index >= 15 is 0 Å². The van der Waals surface area contributed by atoms with Crippen LogP contribution < -0.4 is 10.4 Å². The molecule has 0 radical (unpaired) electrons. The maximum absolute atomic E-state index is 12.5. The average Bonchev–Trinajstić information content (AvgIpc) is 3.02. The van der Waals surface area contributed by atoms with Crippen LogP contribution in [0.3, 0.4) is 0 Å². The number of aliphatic carboxylic acids is 1. The standard InChI is InChI=1S/C19H22N2O3S/c1-11-7-8-13(12(2)9-11)16-10-25-19(20-16)21-17(22)14-5-3-4-6-15(14)18(23)24/h7-10,14-15H,3-6H2,1-2H3,(H,23,24)(H,20,21,22)/p-1. The van der Waals surface area contributed by atoms with E-state index in [4.69, 9.17) is 0 Å². The summed E-state index contributed by atoms with van der Waals surface area (Å²) >= 11 is 1.35. The Hall–Kier alpha value is -2.21. The molecule has 2 atom stereocenters. The van der Waals surface area contributed by atoms with Crippen molar-refractivity contribution in [2.24, 2.45) is 11.8 Å². The molecule has 6 heteroatoms. The molecule has 0 bridgehead atoms. The van der Waals surface area contributed by atoms with Crippen LogP contribution in [0, 0.1) is 25.7 Å². The van der Waals surface area contributed by atoms with Gasteiger partial charge in [0.25, 0.3) is 0 Å². The van der Waals surface area contributed by atoms with Crippen molar-refractivity contribution in [1.29, 1.82) is 0 Å². The van der Waals surface area contributed by atoms with Crippen LogP contribution in [0.5, 0.6) is 0 Å². The van der Waals surface area contributed by atoms with Crippen molar-refractivity contribution in [3.63, 3.8) is 0 Å². The molecule has 0 saturated heterocycles. The zero-order chi connectivity index (χ0) is 18.0. The Bertz CT molecular complexity index is 800. The molecule has 25 heavy (non-hydrogen) atoms. The summed E-state index contributed by atoms with van der Waals surface area (Å²) < 4.78 is 0. The number of benzene rings is 1. The lowest BCUT2D eigenvalue weighted by molar-refractivity contribution is -0.313. The number of hydrogen-bond donors (Lipinski definition) is 1. The third-order valence-corrected chi connectivity index (χ3v) is 5.56. The van der Waals surface area contributed by atoms with E-state index in [1.54, 1.807) is 0 Å². The third-order valence-electron chi connectivity index (χ3n) is 4.80. The van der Waals surface area contributed by atoms with Crippen LogP contribution in [0.2, 0.25) is 0 Å². The number of hydrogen-bond acceptors (Lipinski definition) is 5. The second kappa shape index (κ2) is 7.35. The van der Waals surface area contributed by atoms with Gasteiger partial charge in [0.1, 0.15) is 0 Å². The molecule has 1 heterocycles. The van der Waals surface area contributed by atoms with E-state index in [-0.39, 0.29) is 5.91 Å². The first-order valence-corrected chi connectivity index (χ1v) is 9.38. The van der Waals surface area contributed by atoms with Crippen LogP contribution in [-0.2, 0) is 9.59 Å². The van der Waals surface area contributed by atoms with Gasteiger partial charge in [0.15, 0.2) is 5.13 Å². The van der Waals surface area contributed by atoms with Crippen molar-refractivity contribution in [2.45, 2.75) is 39.5 Å². The third kappa shape index (κ3) is 3.90. The second-order valence-corrected chi connectivity index (χ2v) is 7.52. The van der Waals surface area contributed by atoms with Gasteiger partial charge in [0.2, 0.25) is 5.91 Å². The molecule has 1 saturated carbocycles. The summed E-state index contributed by atoms with van der Waals surface area (Å²) in [6.45, 7) is 4.08. The maximum Gasteiger partial charge on any atom is 0.229 e. The number of thiazole rings is 1. The van der Waals surface area contributed by atoms with Gasteiger partial charge >= 0.3 is 0 Å². The van der Waals surface area contributed by atoms with E-state index in [0.717, 1.165) is 29.7 Å². The van der Waals surface area contributed by atoms with Crippen molar-refractivity contribution in [3.8, 4) is 11.3 Å². The number of aromatic nitrogens is 1. The number of aryl methyl sites for hydroxylation is 2. The Morgan fingerprint density at radius 3 is 2.60 bits per heavy atom.